The number of anilines is 3. The summed E-state index contributed by atoms with van der Waals surface area (Å²) < 4.78 is 5.42. The maximum absolute atomic E-state index is 12.2. The average molecular weight is 334 g/mol. The summed E-state index contributed by atoms with van der Waals surface area (Å²) >= 11 is 0. The summed E-state index contributed by atoms with van der Waals surface area (Å²) in [6.07, 6.45) is 2.90. The van der Waals surface area contributed by atoms with Crippen LogP contribution in [0.1, 0.15) is 12.8 Å². The van der Waals surface area contributed by atoms with Crippen LogP contribution in [-0.2, 0) is 9.53 Å². The van der Waals surface area contributed by atoms with Crippen molar-refractivity contribution in [1.29, 1.82) is 0 Å². The van der Waals surface area contributed by atoms with E-state index in [9.17, 15) is 4.79 Å². The van der Waals surface area contributed by atoms with E-state index >= 15 is 0 Å². The third-order valence-electron chi connectivity index (χ3n) is 4.16. The van der Waals surface area contributed by atoms with E-state index in [1.807, 2.05) is 48.5 Å². The summed E-state index contributed by atoms with van der Waals surface area (Å²) in [7, 11) is 0. The number of rotatable bonds is 4. The highest BCUT2D eigenvalue weighted by Gasteiger charge is 2.23. The van der Waals surface area contributed by atoms with Gasteiger partial charge in [-0.1, -0.05) is 18.2 Å². The maximum atomic E-state index is 12.2. The van der Waals surface area contributed by atoms with Crippen LogP contribution >= 0.6 is 0 Å². The Bertz CT molecular complexity index is 901. The monoisotopic (exact) mass is 334 g/mol. The minimum atomic E-state index is -0.345. The van der Waals surface area contributed by atoms with Gasteiger partial charge in [-0.05, 0) is 43.2 Å². The molecule has 3 aromatic rings. The van der Waals surface area contributed by atoms with E-state index in [0.717, 1.165) is 40.9 Å². The second-order valence-corrected chi connectivity index (χ2v) is 5.94. The molecule has 2 N–H and O–H groups in total. The second-order valence-electron chi connectivity index (χ2n) is 5.94. The molecular formula is C19H18N4O2. The fourth-order valence-corrected chi connectivity index (χ4v) is 2.92. The topological polar surface area (TPSA) is 76.1 Å². The zero-order valence-electron chi connectivity index (χ0n) is 13.6. The van der Waals surface area contributed by atoms with E-state index in [0.29, 0.717) is 6.61 Å². The van der Waals surface area contributed by atoms with Crippen LogP contribution in [0.5, 0.6) is 0 Å². The third kappa shape index (κ3) is 3.44. The lowest BCUT2D eigenvalue weighted by Crippen LogP contribution is -2.26. The van der Waals surface area contributed by atoms with E-state index < -0.39 is 0 Å². The minimum Gasteiger partial charge on any atom is -0.368 e. The van der Waals surface area contributed by atoms with Crippen LogP contribution in [0.15, 0.2) is 54.9 Å². The number of aromatic nitrogens is 2. The van der Waals surface area contributed by atoms with Crippen molar-refractivity contribution >= 4 is 34.0 Å². The molecule has 2 heterocycles. The second kappa shape index (κ2) is 6.86. The van der Waals surface area contributed by atoms with Crippen LogP contribution < -0.4 is 10.6 Å². The summed E-state index contributed by atoms with van der Waals surface area (Å²) in [5.74, 6) is 0.635. The first kappa shape index (κ1) is 15.5. The van der Waals surface area contributed by atoms with Gasteiger partial charge in [0.25, 0.3) is 5.91 Å². The van der Waals surface area contributed by atoms with Gasteiger partial charge in [-0.3, -0.25) is 4.79 Å². The molecule has 4 rings (SSSR count). The summed E-state index contributed by atoms with van der Waals surface area (Å²) in [6.45, 7) is 0.653. The zero-order chi connectivity index (χ0) is 17.1. The molecule has 126 valence electrons. The SMILES string of the molecule is O=C(Nc1cccc(Nc2ncnc3ccccc23)c1)C1CCCO1. The number of hydrogen-bond donors (Lipinski definition) is 2. The zero-order valence-corrected chi connectivity index (χ0v) is 13.6. The lowest BCUT2D eigenvalue weighted by atomic mass is 10.2. The number of ether oxygens (including phenoxy) is 1. The predicted molar refractivity (Wildman–Crippen MR) is 96.9 cm³/mol. The third-order valence-corrected chi connectivity index (χ3v) is 4.16. The maximum Gasteiger partial charge on any atom is 0.253 e. The van der Waals surface area contributed by atoms with Gasteiger partial charge < -0.3 is 15.4 Å². The van der Waals surface area contributed by atoms with Crippen molar-refractivity contribution < 1.29 is 9.53 Å². The van der Waals surface area contributed by atoms with Gasteiger partial charge in [0.2, 0.25) is 0 Å². The molecule has 1 aliphatic heterocycles. The number of nitrogens with zero attached hydrogens (tertiary/aromatic N) is 2. The fourth-order valence-electron chi connectivity index (χ4n) is 2.92. The Hall–Kier alpha value is -2.99. The Labute approximate surface area is 145 Å². The van der Waals surface area contributed by atoms with Crippen LogP contribution in [0.2, 0.25) is 0 Å². The summed E-state index contributed by atoms with van der Waals surface area (Å²) in [5, 5.41) is 7.15. The van der Waals surface area contributed by atoms with E-state index in [1.165, 1.54) is 6.33 Å². The first-order valence-corrected chi connectivity index (χ1v) is 8.29. The van der Waals surface area contributed by atoms with Gasteiger partial charge in [-0.25, -0.2) is 9.97 Å². The van der Waals surface area contributed by atoms with Gasteiger partial charge in [-0.2, -0.15) is 0 Å². The number of para-hydroxylation sites is 1. The van der Waals surface area contributed by atoms with Crippen LogP contribution in [-0.4, -0.2) is 28.6 Å². The molecule has 1 amide bonds. The Morgan fingerprint density at radius 2 is 1.96 bits per heavy atom. The van der Waals surface area contributed by atoms with E-state index in [-0.39, 0.29) is 12.0 Å². The minimum absolute atomic E-state index is 0.0952. The molecule has 1 unspecified atom stereocenters. The van der Waals surface area contributed by atoms with Crippen molar-refractivity contribution in [3.05, 3.63) is 54.9 Å². The summed E-state index contributed by atoms with van der Waals surface area (Å²) in [5.41, 5.74) is 2.45. The van der Waals surface area contributed by atoms with Crippen molar-refractivity contribution in [3.63, 3.8) is 0 Å². The highest BCUT2D eigenvalue weighted by Crippen LogP contribution is 2.24. The molecule has 1 aromatic heterocycles. The van der Waals surface area contributed by atoms with Gasteiger partial charge >= 0.3 is 0 Å². The predicted octanol–water partition coefficient (Wildman–Crippen LogP) is 3.49. The van der Waals surface area contributed by atoms with Crippen LogP contribution in [0.3, 0.4) is 0 Å². The molecule has 0 radical (unpaired) electrons. The number of fused-ring (bicyclic) bond motifs is 1. The molecule has 25 heavy (non-hydrogen) atoms. The number of amides is 1. The molecule has 0 bridgehead atoms. The van der Waals surface area contributed by atoms with Crippen molar-refractivity contribution in [2.24, 2.45) is 0 Å². The normalized spacial score (nSPS) is 16.7. The Morgan fingerprint density at radius 1 is 1.08 bits per heavy atom. The lowest BCUT2D eigenvalue weighted by molar-refractivity contribution is -0.124. The fraction of sp³-hybridized carbons (Fsp3) is 0.211. The summed E-state index contributed by atoms with van der Waals surface area (Å²) in [4.78, 5) is 20.8. The number of hydrogen-bond acceptors (Lipinski definition) is 5. The van der Waals surface area contributed by atoms with E-state index in [1.54, 1.807) is 0 Å². The number of nitrogens with one attached hydrogen (secondary N) is 2. The van der Waals surface area contributed by atoms with Crippen molar-refractivity contribution in [3.8, 4) is 0 Å². The lowest BCUT2D eigenvalue weighted by Gasteiger charge is -2.12. The number of carbonyl (C=O) groups excluding carboxylic acids is 1. The molecule has 1 aliphatic rings. The standard InChI is InChI=1S/C19H18N4O2/c24-19(17-9-4-10-25-17)23-14-6-3-5-13(11-14)22-18-15-7-1-2-8-16(15)20-12-21-18/h1-3,5-8,11-12,17H,4,9-10H2,(H,23,24)(H,20,21,22). The van der Waals surface area contributed by atoms with Gasteiger partial charge in [0.05, 0.1) is 5.52 Å². The highest BCUT2D eigenvalue weighted by molar-refractivity contribution is 5.95. The first-order valence-electron chi connectivity index (χ1n) is 8.29. The number of benzene rings is 2. The Morgan fingerprint density at radius 3 is 2.84 bits per heavy atom. The molecule has 0 spiro atoms. The molecule has 1 atom stereocenters. The van der Waals surface area contributed by atoms with Crippen molar-refractivity contribution in [1.82, 2.24) is 9.97 Å². The molecule has 0 aliphatic carbocycles. The highest BCUT2D eigenvalue weighted by atomic mass is 16.5. The molecule has 1 saturated heterocycles. The molecule has 1 fully saturated rings. The van der Waals surface area contributed by atoms with Gasteiger partial charge in [-0.15, -0.1) is 0 Å². The van der Waals surface area contributed by atoms with Gasteiger partial charge in [0.15, 0.2) is 0 Å². The van der Waals surface area contributed by atoms with Crippen LogP contribution in [0.4, 0.5) is 17.2 Å². The molecule has 2 aromatic carbocycles. The Balaban J connectivity index is 1.54. The van der Waals surface area contributed by atoms with Crippen molar-refractivity contribution in [2.75, 3.05) is 17.2 Å². The van der Waals surface area contributed by atoms with E-state index in [4.69, 9.17) is 4.74 Å². The smallest absolute Gasteiger partial charge is 0.253 e. The summed E-state index contributed by atoms with van der Waals surface area (Å²) in [6, 6.07) is 15.4. The van der Waals surface area contributed by atoms with Crippen molar-refractivity contribution in [2.45, 2.75) is 18.9 Å². The van der Waals surface area contributed by atoms with Crippen LogP contribution in [0.25, 0.3) is 10.9 Å². The largest absolute Gasteiger partial charge is 0.368 e. The molecule has 0 saturated carbocycles. The first-order chi connectivity index (χ1) is 12.3. The van der Waals surface area contributed by atoms with Gasteiger partial charge in [0.1, 0.15) is 18.2 Å². The van der Waals surface area contributed by atoms with Gasteiger partial charge in [0, 0.05) is 23.4 Å². The van der Waals surface area contributed by atoms with Crippen LogP contribution in [0, 0.1) is 0 Å². The Kier molecular flexibility index (Phi) is 4.26. The quantitative estimate of drug-likeness (QED) is 0.764. The van der Waals surface area contributed by atoms with E-state index in [2.05, 4.69) is 20.6 Å². The number of carbonyl (C=O) groups is 1. The molecule has 6 heteroatoms. The molecular weight excluding hydrogens is 316 g/mol. The molecule has 6 nitrogen and oxygen atoms in total. The average Bonchev–Trinajstić information content (AvgIpc) is 3.17.